The fourth-order valence-electron chi connectivity index (χ4n) is 2.36. The van der Waals surface area contributed by atoms with Gasteiger partial charge in [0, 0.05) is 30.7 Å². The minimum atomic E-state index is -0.0837. The smallest absolute Gasteiger partial charge is 0.233 e. The second-order valence-electron chi connectivity index (χ2n) is 5.97. The van der Waals surface area contributed by atoms with Gasteiger partial charge in [0.25, 0.3) is 0 Å². The summed E-state index contributed by atoms with van der Waals surface area (Å²) in [6, 6.07) is 18.6. The predicted molar refractivity (Wildman–Crippen MR) is 104 cm³/mol. The van der Waals surface area contributed by atoms with Gasteiger partial charge >= 0.3 is 0 Å². The summed E-state index contributed by atoms with van der Waals surface area (Å²) in [5, 5.41) is 2.95. The molecule has 2 aromatic carbocycles. The van der Waals surface area contributed by atoms with Gasteiger partial charge in [0.1, 0.15) is 0 Å². The van der Waals surface area contributed by atoms with Crippen molar-refractivity contribution in [1.29, 1.82) is 0 Å². The molecule has 2 aromatic rings. The van der Waals surface area contributed by atoms with Crippen molar-refractivity contribution >= 4 is 23.4 Å². The maximum atomic E-state index is 12.2. The predicted octanol–water partition coefficient (Wildman–Crippen LogP) is 4.12. The van der Waals surface area contributed by atoms with Gasteiger partial charge in [-0.05, 0) is 44.5 Å². The standard InChI is InChI=1S/C20H26N2OS/c1-16-10-12-19(13-11-16)24-17(2)20(23)21-14-7-15-22(3)18-8-5-4-6-9-18/h4-6,8-13,17H,7,14-15H2,1-3H3,(H,21,23)/t17-/m1/s1. The summed E-state index contributed by atoms with van der Waals surface area (Å²) in [5.41, 5.74) is 2.44. The van der Waals surface area contributed by atoms with E-state index >= 15 is 0 Å². The molecule has 0 bridgehead atoms. The Labute approximate surface area is 149 Å². The van der Waals surface area contributed by atoms with E-state index in [1.807, 2.05) is 25.1 Å². The average Bonchev–Trinajstić information content (AvgIpc) is 2.61. The Morgan fingerprint density at radius 3 is 2.46 bits per heavy atom. The summed E-state index contributed by atoms with van der Waals surface area (Å²) >= 11 is 1.60. The minimum Gasteiger partial charge on any atom is -0.375 e. The number of nitrogens with one attached hydrogen (secondary N) is 1. The number of nitrogens with zero attached hydrogens (tertiary/aromatic N) is 1. The van der Waals surface area contributed by atoms with Gasteiger partial charge in [-0.25, -0.2) is 0 Å². The van der Waals surface area contributed by atoms with Crippen molar-refractivity contribution in [2.75, 3.05) is 25.0 Å². The summed E-state index contributed by atoms with van der Waals surface area (Å²) in [6.45, 7) is 5.64. The van der Waals surface area contributed by atoms with Gasteiger partial charge in [-0.3, -0.25) is 4.79 Å². The number of aryl methyl sites for hydroxylation is 1. The normalized spacial score (nSPS) is 11.8. The molecule has 24 heavy (non-hydrogen) atoms. The number of hydrogen-bond donors (Lipinski definition) is 1. The topological polar surface area (TPSA) is 32.3 Å². The van der Waals surface area contributed by atoms with E-state index in [9.17, 15) is 4.79 Å². The van der Waals surface area contributed by atoms with Gasteiger partial charge < -0.3 is 10.2 Å². The van der Waals surface area contributed by atoms with Crippen molar-refractivity contribution in [2.24, 2.45) is 0 Å². The van der Waals surface area contributed by atoms with Crippen molar-refractivity contribution in [3.05, 3.63) is 60.2 Å². The largest absolute Gasteiger partial charge is 0.375 e. The highest BCUT2D eigenvalue weighted by Gasteiger charge is 2.13. The van der Waals surface area contributed by atoms with Crippen molar-refractivity contribution in [2.45, 2.75) is 30.4 Å². The van der Waals surface area contributed by atoms with Crippen molar-refractivity contribution in [3.63, 3.8) is 0 Å². The molecule has 1 N–H and O–H groups in total. The van der Waals surface area contributed by atoms with Crippen LogP contribution in [0, 0.1) is 6.92 Å². The molecule has 1 atom stereocenters. The maximum absolute atomic E-state index is 12.2. The van der Waals surface area contributed by atoms with Crippen LogP contribution in [0.4, 0.5) is 5.69 Å². The highest BCUT2D eigenvalue weighted by Crippen LogP contribution is 2.23. The Kier molecular flexibility index (Phi) is 7.19. The van der Waals surface area contributed by atoms with Crippen molar-refractivity contribution < 1.29 is 4.79 Å². The summed E-state index contributed by atoms with van der Waals surface area (Å²) in [5.74, 6) is 0.0999. The van der Waals surface area contributed by atoms with E-state index in [0.29, 0.717) is 6.54 Å². The van der Waals surface area contributed by atoms with Gasteiger partial charge in [0.15, 0.2) is 0 Å². The number of amides is 1. The lowest BCUT2D eigenvalue weighted by Crippen LogP contribution is -2.33. The summed E-state index contributed by atoms with van der Waals surface area (Å²) < 4.78 is 0. The third-order valence-corrected chi connectivity index (χ3v) is 4.98. The number of carbonyl (C=O) groups is 1. The summed E-state index contributed by atoms with van der Waals surface area (Å²) in [4.78, 5) is 15.5. The van der Waals surface area contributed by atoms with E-state index < -0.39 is 0 Å². The number of rotatable bonds is 8. The zero-order valence-corrected chi connectivity index (χ0v) is 15.5. The monoisotopic (exact) mass is 342 g/mol. The van der Waals surface area contributed by atoms with Crippen LogP contribution in [0.25, 0.3) is 0 Å². The van der Waals surface area contributed by atoms with Crippen molar-refractivity contribution in [1.82, 2.24) is 5.32 Å². The van der Waals surface area contributed by atoms with Crippen LogP contribution in [0.1, 0.15) is 18.9 Å². The van der Waals surface area contributed by atoms with Crippen LogP contribution in [0.3, 0.4) is 0 Å². The molecule has 3 nitrogen and oxygen atoms in total. The zero-order chi connectivity index (χ0) is 17.4. The Morgan fingerprint density at radius 2 is 1.79 bits per heavy atom. The highest BCUT2D eigenvalue weighted by atomic mass is 32.2. The van der Waals surface area contributed by atoms with Crippen LogP contribution in [0.2, 0.25) is 0 Å². The molecular formula is C20H26N2OS. The molecule has 0 saturated carbocycles. The van der Waals surface area contributed by atoms with E-state index in [4.69, 9.17) is 0 Å². The maximum Gasteiger partial charge on any atom is 0.233 e. The second kappa shape index (κ2) is 9.38. The molecule has 2 rings (SSSR count). The van der Waals surface area contributed by atoms with Crippen LogP contribution in [0.15, 0.2) is 59.5 Å². The third kappa shape index (κ3) is 5.93. The van der Waals surface area contributed by atoms with Crippen LogP contribution in [-0.4, -0.2) is 31.3 Å². The lowest BCUT2D eigenvalue weighted by Gasteiger charge is -2.19. The number of hydrogen-bond acceptors (Lipinski definition) is 3. The molecular weight excluding hydrogens is 316 g/mol. The third-order valence-electron chi connectivity index (χ3n) is 3.87. The Balaban J connectivity index is 1.68. The Bertz CT molecular complexity index is 628. The number of para-hydroxylation sites is 1. The molecule has 0 aliphatic carbocycles. The molecule has 0 aromatic heterocycles. The molecule has 0 fully saturated rings. The number of thioether (sulfide) groups is 1. The molecule has 1 amide bonds. The summed E-state index contributed by atoms with van der Waals surface area (Å²) in [6.07, 6.45) is 0.930. The van der Waals surface area contributed by atoms with Gasteiger partial charge in [-0.15, -0.1) is 11.8 Å². The van der Waals surface area contributed by atoms with E-state index in [2.05, 4.69) is 60.6 Å². The summed E-state index contributed by atoms with van der Waals surface area (Å²) in [7, 11) is 2.08. The van der Waals surface area contributed by atoms with Crippen LogP contribution < -0.4 is 10.2 Å². The Morgan fingerprint density at radius 1 is 1.12 bits per heavy atom. The number of anilines is 1. The van der Waals surface area contributed by atoms with Crippen LogP contribution >= 0.6 is 11.8 Å². The molecule has 0 aliphatic rings. The van der Waals surface area contributed by atoms with Crippen LogP contribution in [0.5, 0.6) is 0 Å². The van der Waals surface area contributed by atoms with E-state index in [-0.39, 0.29) is 11.2 Å². The number of carbonyl (C=O) groups excluding carboxylic acids is 1. The lowest BCUT2D eigenvalue weighted by molar-refractivity contribution is -0.120. The van der Waals surface area contributed by atoms with Gasteiger partial charge in [0.05, 0.1) is 5.25 Å². The average molecular weight is 343 g/mol. The van der Waals surface area contributed by atoms with E-state index in [1.54, 1.807) is 11.8 Å². The van der Waals surface area contributed by atoms with Gasteiger partial charge in [-0.1, -0.05) is 35.9 Å². The fraction of sp³-hybridized carbons (Fsp3) is 0.350. The first-order valence-electron chi connectivity index (χ1n) is 8.33. The molecule has 0 spiro atoms. The minimum absolute atomic E-state index is 0.0837. The fourth-order valence-corrected chi connectivity index (χ4v) is 3.25. The number of benzene rings is 2. The Hall–Kier alpha value is -1.94. The van der Waals surface area contributed by atoms with Gasteiger partial charge in [-0.2, -0.15) is 0 Å². The first-order valence-corrected chi connectivity index (χ1v) is 9.21. The van der Waals surface area contributed by atoms with E-state index in [1.165, 1.54) is 11.3 Å². The van der Waals surface area contributed by atoms with Crippen molar-refractivity contribution in [3.8, 4) is 0 Å². The molecule has 0 heterocycles. The molecule has 128 valence electrons. The van der Waals surface area contributed by atoms with E-state index in [0.717, 1.165) is 17.9 Å². The highest BCUT2D eigenvalue weighted by molar-refractivity contribution is 8.00. The molecule has 0 saturated heterocycles. The van der Waals surface area contributed by atoms with Crippen LogP contribution in [-0.2, 0) is 4.79 Å². The SMILES string of the molecule is Cc1ccc(S[C@H](C)C(=O)NCCCN(C)c2ccccc2)cc1. The second-order valence-corrected chi connectivity index (χ2v) is 7.39. The molecule has 0 aliphatic heterocycles. The molecule has 0 radical (unpaired) electrons. The molecule has 4 heteroatoms. The first-order chi connectivity index (χ1) is 11.6. The molecule has 0 unspecified atom stereocenters. The first kappa shape index (κ1) is 18.4. The zero-order valence-electron chi connectivity index (χ0n) is 14.7. The van der Waals surface area contributed by atoms with Gasteiger partial charge in [0.2, 0.25) is 5.91 Å². The lowest BCUT2D eigenvalue weighted by atomic mass is 10.2. The quantitative estimate of drug-likeness (QED) is 0.578.